The van der Waals surface area contributed by atoms with Gasteiger partial charge < -0.3 is 5.32 Å². The van der Waals surface area contributed by atoms with Crippen molar-refractivity contribution in [2.45, 2.75) is 45.6 Å². The Bertz CT molecular complexity index is 649. The second-order valence-electron chi connectivity index (χ2n) is 5.47. The summed E-state index contributed by atoms with van der Waals surface area (Å²) in [7, 11) is 0. The predicted molar refractivity (Wildman–Crippen MR) is 88.4 cm³/mol. The number of hydrogen-bond donors (Lipinski definition) is 2. The van der Waals surface area contributed by atoms with Crippen LogP contribution in [0.1, 0.15) is 47.1 Å². The number of rotatable bonds is 6. The molecule has 0 radical (unpaired) electrons. The molecular formula is C14H19N5OS2. The van der Waals surface area contributed by atoms with Gasteiger partial charge in [-0.2, -0.15) is 0 Å². The van der Waals surface area contributed by atoms with Crippen LogP contribution in [-0.2, 0) is 6.42 Å². The van der Waals surface area contributed by atoms with E-state index < -0.39 is 0 Å². The van der Waals surface area contributed by atoms with E-state index in [1.54, 1.807) is 11.3 Å². The van der Waals surface area contributed by atoms with E-state index in [0.29, 0.717) is 11.0 Å². The van der Waals surface area contributed by atoms with Gasteiger partial charge in [0.1, 0.15) is 10.0 Å². The molecule has 2 heterocycles. The van der Waals surface area contributed by atoms with Gasteiger partial charge in [-0.25, -0.2) is 9.78 Å². The van der Waals surface area contributed by atoms with Crippen molar-refractivity contribution in [3.05, 3.63) is 21.1 Å². The van der Waals surface area contributed by atoms with Gasteiger partial charge in [-0.05, 0) is 32.1 Å². The highest BCUT2D eigenvalue weighted by molar-refractivity contribution is 7.15. The standard InChI is InChI=1S/C14H19N5OS2/c1-3-4-10-18-19-14(22-10)17-13(20)16-11(9-5-6-9)12-15-7-8(2)21-12/h7,9,11H,3-6H2,1-2H3,(H2,16,17,19,20). The first kappa shape index (κ1) is 15.4. The molecule has 1 atom stereocenters. The molecule has 118 valence electrons. The van der Waals surface area contributed by atoms with Crippen LogP contribution in [0.2, 0.25) is 0 Å². The van der Waals surface area contributed by atoms with Crippen molar-refractivity contribution in [2.75, 3.05) is 5.32 Å². The van der Waals surface area contributed by atoms with E-state index >= 15 is 0 Å². The third-order valence-corrected chi connectivity index (χ3v) is 5.33. The van der Waals surface area contributed by atoms with Gasteiger partial charge in [0.15, 0.2) is 0 Å². The first-order chi connectivity index (χ1) is 10.7. The molecule has 0 aromatic carbocycles. The molecule has 0 aliphatic heterocycles. The number of anilines is 1. The molecule has 0 bridgehead atoms. The fraction of sp³-hybridized carbons (Fsp3) is 0.571. The Morgan fingerprint density at radius 1 is 1.41 bits per heavy atom. The molecule has 2 aromatic heterocycles. The van der Waals surface area contributed by atoms with Gasteiger partial charge in [0.2, 0.25) is 5.13 Å². The average molecular weight is 337 g/mol. The Morgan fingerprint density at radius 3 is 2.86 bits per heavy atom. The van der Waals surface area contributed by atoms with Crippen molar-refractivity contribution in [1.82, 2.24) is 20.5 Å². The van der Waals surface area contributed by atoms with E-state index in [9.17, 15) is 4.79 Å². The van der Waals surface area contributed by atoms with Crippen molar-refractivity contribution < 1.29 is 4.79 Å². The van der Waals surface area contributed by atoms with E-state index in [1.165, 1.54) is 11.3 Å². The predicted octanol–water partition coefficient (Wildman–Crippen LogP) is 3.53. The fourth-order valence-corrected chi connectivity index (χ4v) is 3.98. The number of urea groups is 1. The van der Waals surface area contributed by atoms with E-state index in [0.717, 1.165) is 40.6 Å². The molecule has 1 unspecified atom stereocenters. The van der Waals surface area contributed by atoms with Gasteiger partial charge >= 0.3 is 6.03 Å². The summed E-state index contributed by atoms with van der Waals surface area (Å²) < 4.78 is 0. The Morgan fingerprint density at radius 2 is 2.23 bits per heavy atom. The van der Waals surface area contributed by atoms with Crippen LogP contribution in [0.15, 0.2) is 6.20 Å². The third-order valence-electron chi connectivity index (χ3n) is 3.44. The average Bonchev–Trinajstić information content (AvgIpc) is 3.09. The SMILES string of the molecule is CCCc1nnc(NC(=O)NC(c2ncc(C)s2)C2CC2)s1. The highest BCUT2D eigenvalue weighted by atomic mass is 32.1. The minimum Gasteiger partial charge on any atom is -0.328 e. The number of nitrogens with zero attached hydrogens (tertiary/aromatic N) is 3. The van der Waals surface area contributed by atoms with Crippen LogP contribution in [0.25, 0.3) is 0 Å². The van der Waals surface area contributed by atoms with Crippen molar-refractivity contribution in [2.24, 2.45) is 5.92 Å². The second-order valence-corrected chi connectivity index (χ2v) is 7.80. The number of aryl methyl sites for hydroxylation is 2. The summed E-state index contributed by atoms with van der Waals surface area (Å²) in [5.41, 5.74) is 0. The topological polar surface area (TPSA) is 79.8 Å². The summed E-state index contributed by atoms with van der Waals surface area (Å²) in [6.07, 6.45) is 6.06. The van der Waals surface area contributed by atoms with Crippen LogP contribution in [0, 0.1) is 12.8 Å². The lowest BCUT2D eigenvalue weighted by molar-refractivity contribution is 0.247. The number of carbonyl (C=O) groups excluding carboxylic acids is 1. The summed E-state index contributed by atoms with van der Waals surface area (Å²) in [4.78, 5) is 17.8. The van der Waals surface area contributed by atoms with Crippen LogP contribution in [0.3, 0.4) is 0 Å². The summed E-state index contributed by atoms with van der Waals surface area (Å²) >= 11 is 3.07. The Kier molecular flexibility index (Phi) is 4.68. The molecule has 1 aliphatic rings. The molecule has 2 amide bonds. The minimum absolute atomic E-state index is 0.00161. The van der Waals surface area contributed by atoms with E-state index in [-0.39, 0.29) is 12.1 Å². The molecule has 1 fully saturated rings. The van der Waals surface area contributed by atoms with Gasteiger partial charge in [0.25, 0.3) is 0 Å². The monoisotopic (exact) mass is 337 g/mol. The van der Waals surface area contributed by atoms with Crippen LogP contribution >= 0.6 is 22.7 Å². The molecule has 22 heavy (non-hydrogen) atoms. The van der Waals surface area contributed by atoms with E-state index in [4.69, 9.17) is 0 Å². The maximum atomic E-state index is 12.2. The van der Waals surface area contributed by atoms with Crippen molar-refractivity contribution in [3.8, 4) is 0 Å². The highest BCUT2D eigenvalue weighted by Crippen LogP contribution is 2.42. The maximum Gasteiger partial charge on any atom is 0.321 e. The molecule has 3 rings (SSSR count). The molecule has 0 saturated heterocycles. The minimum atomic E-state index is -0.232. The first-order valence-electron chi connectivity index (χ1n) is 7.48. The third kappa shape index (κ3) is 3.80. The zero-order valence-corrected chi connectivity index (χ0v) is 14.3. The lowest BCUT2D eigenvalue weighted by atomic mass is 10.2. The van der Waals surface area contributed by atoms with Crippen molar-refractivity contribution in [1.29, 1.82) is 0 Å². The van der Waals surface area contributed by atoms with Crippen LogP contribution < -0.4 is 10.6 Å². The first-order valence-corrected chi connectivity index (χ1v) is 9.11. The lowest BCUT2D eigenvalue weighted by Gasteiger charge is -2.15. The van der Waals surface area contributed by atoms with Gasteiger partial charge in [-0.3, -0.25) is 5.32 Å². The summed E-state index contributed by atoms with van der Waals surface area (Å²) in [6, 6.07) is -0.231. The Labute approximate surface area is 137 Å². The quantitative estimate of drug-likeness (QED) is 0.845. The molecule has 8 heteroatoms. The highest BCUT2D eigenvalue weighted by Gasteiger charge is 2.35. The van der Waals surface area contributed by atoms with Gasteiger partial charge in [0, 0.05) is 17.5 Å². The normalized spacial score (nSPS) is 15.5. The van der Waals surface area contributed by atoms with Crippen LogP contribution in [-0.4, -0.2) is 21.2 Å². The fourth-order valence-electron chi connectivity index (χ4n) is 2.22. The maximum absolute atomic E-state index is 12.2. The Hall–Kier alpha value is -1.54. The summed E-state index contributed by atoms with van der Waals surface area (Å²) in [5, 5.41) is 16.4. The zero-order chi connectivity index (χ0) is 15.5. The molecular weight excluding hydrogens is 318 g/mol. The van der Waals surface area contributed by atoms with Crippen molar-refractivity contribution in [3.63, 3.8) is 0 Å². The lowest BCUT2D eigenvalue weighted by Crippen LogP contribution is -2.33. The van der Waals surface area contributed by atoms with Gasteiger partial charge in [0.05, 0.1) is 6.04 Å². The molecule has 1 saturated carbocycles. The van der Waals surface area contributed by atoms with Gasteiger partial charge in [-0.15, -0.1) is 21.5 Å². The van der Waals surface area contributed by atoms with E-state index in [2.05, 4.69) is 32.7 Å². The van der Waals surface area contributed by atoms with Crippen LogP contribution in [0.5, 0.6) is 0 Å². The summed E-state index contributed by atoms with van der Waals surface area (Å²) in [6.45, 7) is 4.12. The number of carbonyl (C=O) groups is 1. The zero-order valence-electron chi connectivity index (χ0n) is 12.6. The molecule has 0 spiro atoms. The number of amides is 2. The Balaban J connectivity index is 1.61. The summed E-state index contributed by atoms with van der Waals surface area (Å²) in [5.74, 6) is 0.501. The van der Waals surface area contributed by atoms with Gasteiger partial charge in [-0.1, -0.05) is 18.3 Å². The smallest absolute Gasteiger partial charge is 0.321 e. The number of nitrogens with one attached hydrogen (secondary N) is 2. The largest absolute Gasteiger partial charge is 0.328 e. The molecule has 2 N–H and O–H groups in total. The number of thiazole rings is 1. The molecule has 6 nitrogen and oxygen atoms in total. The number of aromatic nitrogens is 3. The van der Waals surface area contributed by atoms with E-state index in [1.807, 2.05) is 13.1 Å². The molecule has 2 aromatic rings. The number of hydrogen-bond acceptors (Lipinski definition) is 6. The second kappa shape index (κ2) is 6.70. The molecule has 1 aliphatic carbocycles. The van der Waals surface area contributed by atoms with Crippen molar-refractivity contribution >= 4 is 33.8 Å². The van der Waals surface area contributed by atoms with Crippen LogP contribution in [0.4, 0.5) is 9.93 Å².